The fraction of sp³-hybridized carbons (Fsp3) is 0.333. The number of benzene rings is 2. The summed E-state index contributed by atoms with van der Waals surface area (Å²) in [5.41, 5.74) is 3.86. The highest BCUT2D eigenvalue weighted by molar-refractivity contribution is 9.10. The first-order valence-electron chi connectivity index (χ1n) is 7.33. The van der Waals surface area contributed by atoms with Gasteiger partial charge < -0.3 is 5.32 Å². The van der Waals surface area contributed by atoms with Crippen LogP contribution in [0.1, 0.15) is 36.1 Å². The van der Waals surface area contributed by atoms with E-state index in [2.05, 4.69) is 65.4 Å². The van der Waals surface area contributed by atoms with Gasteiger partial charge in [0.25, 0.3) is 0 Å². The van der Waals surface area contributed by atoms with Crippen LogP contribution in [-0.2, 0) is 6.42 Å². The second-order valence-corrected chi connectivity index (χ2v) is 6.75. The second kappa shape index (κ2) is 7.98. The zero-order chi connectivity index (χ0) is 15.2. The average molecular weight is 367 g/mol. The highest BCUT2D eigenvalue weighted by atomic mass is 79.9. The van der Waals surface area contributed by atoms with Gasteiger partial charge in [0.1, 0.15) is 0 Å². The van der Waals surface area contributed by atoms with E-state index in [-0.39, 0.29) is 6.04 Å². The van der Waals surface area contributed by atoms with Gasteiger partial charge in [0.2, 0.25) is 0 Å². The molecule has 1 unspecified atom stereocenters. The maximum atomic E-state index is 6.19. The van der Waals surface area contributed by atoms with Gasteiger partial charge in [-0.25, -0.2) is 0 Å². The molecule has 2 aromatic rings. The molecule has 112 valence electrons. The van der Waals surface area contributed by atoms with Crippen LogP contribution in [0.25, 0.3) is 0 Å². The lowest BCUT2D eigenvalue weighted by Crippen LogP contribution is -2.24. The van der Waals surface area contributed by atoms with Gasteiger partial charge in [-0.3, -0.25) is 0 Å². The smallest absolute Gasteiger partial charge is 0.0420 e. The first kappa shape index (κ1) is 16.5. The summed E-state index contributed by atoms with van der Waals surface area (Å²) in [6.45, 7) is 5.30. The minimum atomic E-state index is 0.280. The molecule has 0 bridgehead atoms. The van der Waals surface area contributed by atoms with Crippen LogP contribution in [0.4, 0.5) is 0 Å². The Labute approximate surface area is 140 Å². The molecule has 2 aromatic carbocycles. The molecule has 21 heavy (non-hydrogen) atoms. The molecule has 0 aliphatic rings. The van der Waals surface area contributed by atoms with E-state index in [0.29, 0.717) is 0 Å². The van der Waals surface area contributed by atoms with E-state index in [1.54, 1.807) is 0 Å². The highest BCUT2D eigenvalue weighted by Crippen LogP contribution is 2.26. The van der Waals surface area contributed by atoms with Gasteiger partial charge in [-0.1, -0.05) is 64.3 Å². The maximum absolute atomic E-state index is 6.19. The average Bonchev–Trinajstić information content (AvgIpc) is 2.44. The Kier molecular flexibility index (Phi) is 6.28. The van der Waals surface area contributed by atoms with Gasteiger partial charge in [-0.05, 0) is 55.6 Å². The van der Waals surface area contributed by atoms with Crippen molar-refractivity contribution in [2.75, 3.05) is 6.54 Å². The maximum Gasteiger partial charge on any atom is 0.0420 e. The van der Waals surface area contributed by atoms with Crippen molar-refractivity contribution in [1.82, 2.24) is 5.32 Å². The van der Waals surface area contributed by atoms with Gasteiger partial charge in [0.05, 0.1) is 0 Å². The van der Waals surface area contributed by atoms with E-state index < -0.39 is 0 Å². The lowest BCUT2D eigenvalue weighted by Gasteiger charge is -2.20. The van der Waals surface area contributed by atoms with Gasteiger partial charge in [-0.15, -0.1) is 0 Å². The van der Waals surface area contributed by atoms with Crippen molar-refractivity contribution in [3.8, 4) is 0 Å². The number of halogens is 2. The molecular weight excluding hydrogens is 346 g/mol. The molecule has 0 amide bonds. The Morgan fingerprint density at radius 1 is 1.14 bits per heavy atom. The predicted octanol–water partition coefficient (Wildman–Crippen LogP) is 5.69. The Balaban J connectivity index is 2.22. The summed E-state index contributed by atoms with van der Waals surface area (Å²) in [6, 6.07) is 15.1. The van der Waals surface area contributed by atoms with E-state index in [9.17, 15) is 0 Å². The van der Waals surface area contributed by atoms with E-state index in [0.717, 1.165) is 28.9 Å². The molecular formula is C18H21BrClN. The summed E-state index contributed by atoms with van der Waals surface area (Å²) >= 11 is 9.73. The third-order valence-corrected chi connectivity index (χ3v) is 4.16. The fourth-order valence-electron chi connectivity index (χ4n) is 2.36. The molecule has 0 radical (unpaired) electrons. The summed E-state index contributed by atoms with van der Waals surface area (Å²) < 4.78 is 1.03. The number of hydrogen-bond donors (Lipinski definition) is 1. The van der Waals surface area contributed by atoms with Crippen molar-refractivity contribution in [3.63, 3.8) is 0 Å². The third kappa shape index (κ3) is 5.14. The number of nitrogens with one attached hydrogen (secondary N) is 1. The number of aryl methyl sites for hydroxylation is 1. The molecule has 0 heterocycles. The molecule has 0 saturated carbocycles. The van der Waals surface area contributed by atoms with Gasteiger partial charge in [0, 0.05) is 15.5 Å². The molecule has 0 saturated heterocycles. The topological polar surface area (TPSA) is 12.0 Å². The largest absolute Gasteiger partial charge is 0.310 e. The molecule has 1 atom stereocenters. The van der Waals surface area contributed by atoms with Crippen LogP contribution in [0.5, 0.6) is 0 Å². The SMILES string of the molecule is CCCNC(Cc1ccc(C)cc1)c1cc(Cl)cc(Br)c1. The first-order valence-corrected chi connectivity index (χ1v) is 8.50. The minimum Gasteiger partial charge on any atom is -0.310 e. The minimum absolute atomic E-state index is 0.280. The molecule has 0 aromatic heterocycles. The van der Waals surface area contributed by atoms with E-state index in [1.165, 1.54) is 16.7 Å². The first-order chi connectivity index (χ1) is 10.1. The Morgan fingerprint density at radius 2 is 1.86 bits per heavy atom. The van der Waals surface area contributed by atoms with Crippen molar-refractivity contribution in [2.24, 2.45) is 0 Å². The van der Waals surface area contributed by atoms with Crippen molar-refractivity contribution in [2.45, 2.75) is 32.7 Å². The summed E-state index contributed by atoms with van der Waals surface area (Å²) in [5.74, 6) is 0. The lowest BCUT2D eigenvalue weighted by molar-refractivity contribution is 0.529. The number of rotatable bonds is 6. The van der Waals surface area contributed by atoms with E-state index >= 15 is 0 Å². The van der Waals surface area contributed by atoms with Gasteiger partial charge in [-0.2, -0.15) is 0 Å². The normalized spacial score (nSPS) is 12.4. The van der Waals surface area contributed by atoms with Crippen LogP contribution >= 0.6 is 27.5 Å². The van der Waals surface area contributed by atoms with Crippen molar-refractivity contribution >= 4 is 27.5 Å². The van der Waals surface area contributed by atoms with Gasteiger partial charge >= 0.3 is 0 Å². The van der Waals surface area contributed by atoms with Crippen LogP contribution in [0, 0.1) is 6.92 Å². The standard InChI is InChI=1S/C18H21BrClN/c1-3-8-21-18(9-14-6-4-13(2)5-7-14)15-10-16(19)12-17(20)11-15/h4-7,10-12,18,21H,3,8-9H2,1-2H3. The number of hydrogen-bond acceptors (Lipinski definition) is 1. The summed E-state index contributed by atoms with van der Waals surface area (Å²) in [6.07, 6.45) is 2.08. The highest BCUT2D eigenvalue weighted by Gasteiger charge is 2.13. The van der Waals surface area contributed by atoms with Crippen LogP contribution in [0.2, 0.25) is 5.02 Å². The molecule has 0 fully saturated rings. The summed E-state index contributed by atoms with van der Waals surface area (Å²) in [4.78, 5) is 0. The third-order valence-electron chi connectivity index (χ3n) is 3.49. The van der Waals surface area contributed by atoms with Crippen molar-refractivity contribution in [3.05, 3.63) is 68.7 Å². The van der Waals surface area contributed by atoms with E-state index in [4.69, 9.17) is 11.6 Å². The quantitative estimate of drug-likeness (QED) is 0.692. The fourth-order valence-corrected chi connectivity index (χ4v) is 3.25. The zero-order valence-corrected chi connectivity index (χ0v) is 14.8. The zero-order valence-electron chi connectivity index (χ0n) is 12.5. The van der Waals surface area contributed by atoms with Crippen LogP contribution in [0.15, 0.2) is 46.9 Å². The van der Waals surface area contributed by atoms with Crippen molar-refractivity contribution in [1.29, 1.82) is 0 Å². The van der Waals surface area contributed by atoms with Gasteiger partial charge in [0.15, 0.2) is 0 Å². The molecule has 1 N–H and O–H groups in total. The molecule has 0 aliphatic carbocycles. The summed E-state index contributed by atoms with van der Waals surface area (Å²) in [7, 11) is 0. The molecule has 1 nitrogen and oxygen atoms in total. The Bertz CT molecular complexity index is 560. The Hall–Kier alpha value is -0.830. The molecule has 3 heteroatoms. The predicted molar refractivity (Wildman–Crippen MR) is 95.1 cm³/mol. The van der Waals surface area contributed by atoms with E-state index in [1.807, 2.05) is 12.1 Å². The molecule has 0 aliphatic heterocycles. The Morgan fingerprint density at radius 3 is 2.48 bits per heavy atom. The van der Waals surface area contributed by atoms with Crippen LogP contribution in [0.3, 0.4) is 0 Å². The second-order valence-electron chi connectivity index (χ2n) is 5.40. The monoisotopic (exact) mass is 365 g/mol. The lowest BCUT2D eigenvalue weighted by atomic mass is 9.98. The van der Waals surface area contributed by atoms with Crippen LogP contribution < -0.4 is 5.32 Å². The van der Waals surface area contributed by atoms with Crippen molar-refractivity contribution < 1.29 is 0 Å². The molecule has 2 rings (SSSR count). The van der Waals surface area contributed by atoms with Crippen LogP contribution in [-0.4, -0.2) is 6.54 Å². The molecule has 0 spiro atoms. The summed E-state index contributed by atoms with van der Waals surface area (Å²) in [5, 5.41) is 4.39.